The first-order valence-electron chi connectivity index (χ1n) is 12.7. The highest BCUT2D eigenvalue weighted by Gasteiger charge is 2.28. The molecule has 2 aliphatic rings. The van der Waals surface area contributed by atoms with Gasteiger partial charge in [-0.2, -0.15) is 0 Å². The van der Waals surface area contributed by atoms with Crippen LogP contribution >= 0.6 is 0 Å². The Kier molecular flexibility index (Phi) is 10.2. The third kappa shape index (κ3) is 8.42. The van der Waals surface area contributed by atoms with Gasteiger partial charge in [0.15, 0.2) is 17.5 Å². The third-order valence-corrected chi connectivity index (χ3v) is 7.05. The Bertz CT molecular complexity index is 863. The van der Waals surface area contributed by atoms with Crippen LogP contribution in [0.4, 0.5) is 0 Å². The van der Waals surface area contributed by atoms with E-state index in [4.69, 9.17) is 14.9 Å². The van der Waals surface area contributed by atoms with E-state index in [1.54, 1.807) is 25.3 Å². The zero-order valence-electron chi connectivity index (χ0n) is 20.9. The van der Waals surface area contributed by atoms with Crippen LogP contribution in [-0.4, -0.2) is 55.3 Å². The van der Waals surface area contributed by atoms with E-state index in [9.17, 15) is 14.7 Å². The maximum atomic E-state index is 13.1. The standard InChI is InChI=1S/C26H40N4O5/c1-34-22-13-8-18(15-23(22)35-2)16-24(32)30-26(27)29-21(14-17-6-4-3-5-7-17)25(33)28-19-9-11-20(31)12-10-19/h8,13,15,17,19-21,31H,3-7,9-12,14,16H2,1-2H3,(H,28,33)(H3,27,29,30,32)/t19-,20+,21-/m1/s1. The molecule has 2 aliphatic carbocycles. The lowest BCUT2D eigenvalue weighted by atomic mass is 9.84. The zero-order valence-corrected chi connectivity index (χ0v) is 20.9. The van der Waals surface area contributed by atoms with Crippen molar-refractivity contribution in [2.45, 2.75) is 88.8 Å². The van der Waals surface area contributed by atoms with Crippen LogP contribution in [0.25, 0.3) is 0 Å². The Morgan fingerprint density at radius 1 is 1.03 bits per heavy atom. The van der Waals surface area contributed by atoms with Gasteiger partial charge in [-0.15, -0.1) is 0 Å². The van der Waals surface area contributed by atoms with Gasteiger partial charge in [-0.05, 0) is 55.7 Å². The second kappa shape index (κ2) is 13.3. The number of aliphatic hydroxyl groups is 1. The molecule has 0 saturated heterocycles. The van der Waals surface area contributed by atoms with Crippen molar-refractivity contribution in [3.8, 4) is 11.5 Å². The second-order valence-corrected chi connectivity index (χ2v) is 9.74. The topological polar surface area (TPSA) is 133 Å². The van der Waals surface area contributed by atoms with E-state index in [-0.39, 0.29) is 36.3 Å². The Labute approximate surface area is 207 Å². The minimum Gasteiger partial charge on any atom is -0.493 e. The van der Waals surface area contributed by atoms with Gasteiger partial charge < -0.3 is 25.2 Å². The first-order valence-corrected chi connectivity index (χ1v) is 12.7. The smallest absolute Gasteiger partial charge is 0.242 e. The molecule has 5 N–H and O–H groups in total. The molecule has 1 aromatic rings. The van der Waals surface area contributed by atoms with Crippen molar-refractivity contribution in [1.29, 1.82) is 5.41 Å². The van der Waals surface area contributed by atoms with Crippen molar-refractivity contribution in [2.75, 3.05) is 14.2 Å². The van der Waals surface area contributed by atoms with E-state index < -0.39 is 6.04 Å². The molecule has 0 radical (unpaired) electrons. The molecule has 9 heteroatoms. The largest absolute Gasteiger partial charge is 0.493 e. The third-order valence-electron chi connectivity index (χ3n) is 7.05. The fourth-order valence-corrected chi connectivity index (χ4v) is 5.08. The summed E-state index contributed by atoms with van der Waals surface area (Å²) >= 11 is 0. The SMILES string of the molecule is COc1ccc(CC(=O)NC(=N)N[C@H](CC2CCCCC2)C(=O)N[C@H]2CC[C@@H](O)CC2)cc1OC. The highest BCUT2D eigenvalue weighted by atomic mass is 16.5. The number of aliphatic hydroxyl groups excluding tert-OH is 1. The molecule has 1 aromatic carbocycles. The number of hydrogen-bond donors (Lipinski definition) is 5. The molecule has 2 saturated carbocycles. The van der Waals surface area contributed by atoms with Gasteiger partial charge >= 0.3 is 0 Å². The summed E-state index contributed by atoms with van der Waals surface area (Å²) in [5, 5.41) is 26.7. The fraction of sp³-hybridized carbons (Fsp3) is 0.654. The lowest BCUT2D eigenvalue weighted by Crippen LogP contribution is -2.54. The van der Waals surface area contributed by atoms with Crippen LogP contribution in [0.15, 0.2) is 18.2 Å². The minimum absolute atomic E-state index is 0.0374. The van der Waals surface area contributed by atoms with Crippen molar-refractivity contribution in [3.63, 3.8) is 0 Å². The maximum absolute atomic E-state index is 13.1. The van der Waals surface area contributed by atoms with Crippen LogP contribution in [0.5, 0.6) is 11.5 Å². The summed E-state index contributed by atoms with van der Waals surface area (Å²) in [7, 11) is 3.09. The number of ether oxygens (including phenoxy) is 2. The lowest BCUT2D eigenvalue weighted by Gasteiger charge is -2.30. The van der Waals surface area contributed by atoms with Crippen molar-refractivity contribution < 1.29 is 24.2 Å². The molecule has 2 amide bonds. The predicted octanol–water partition coefficient (Wildman–Crippen LogP) is 2.65. The normalized spacial score (nSPS) is 21.5. The maximum Gasteiger partial charge on any atom is 0.242 e. The summed E-state index contributed by atoms with van der Waals surface area (Å²) in [6.45, 7) is 0. The summed E-state index contributed by atoms with van der Waals surface area (Å²) < 4.78 is 10.5. The number of rotatable bonds is 9. The van der Waals surface area contributed by atoms with E-state index in [1.807, 2.05) is 0 Å². The molecule has 9 nitrogen and oxygen atoms in total. The molecule has 0 heterocycles. The summed E-state index contributed by atoms with van der Waals surface area (Å²) in [4.78, 5) is 25.7. The predicted molar refractivity (Wildman–Crippen MR) is 134 cm³/mol. The van der Waals surface area contributed by atoms with Gasteiger partial charge in [-0.25, -0.2) is 0 Å². The van der Waals surface area contributed by atoms with Crippen molar-refractivity contribution in [3.05, 3.63) is 23.8 Å². The number of methoxy groups -OCH3 is 2. The number of nitrogens with one attached hydrogen (secondary N) is 4. The Morgan fingerprint density at radius 3 is 2.37 bits per heavy atom. The number of guanidine groups is 1. The quantitative estimate of drug-likeness (QED) is 0.268. The summed E-state index contributed by atoms with van der Waals surface area (Å²) in [5.74, 6) is 0.866. The number of amides is 2. The van der Waals surface area contributed by atoms with E-state index >= 15 is 0 Å². The molecule has 1 atom stereocenters. The van der Waals surface area contributed by atoms with Crippen LogP contribution < -0.4 is 25.4 Å². The molecule has 0 aromatic heterocycles. The van der Waals surface area contributed by atoms with Crippen LogP contribution in [0.3, 0.4) is 0 Å². The van der Waals surface area contributed by atoms with Crippen LogP contribution in [-0.2, 0) is 16.0 Å². The van der Waals surface area contributed by atoms with Crippen molar-refractivity contribution in [2.24, 2.45) is 5.92 Å². The molecule has 194 valence electrons. The first kappa shape index (κ1) is 26.8. The van der Waals surface area contributed by atoms with E-state index in [0.29, 0.717) is 36.7 Å². The monoisotopic (exact) mass is 488 g/mol. The minimum atomic E-state index is -0.584. The highest BCUT2D eigenvalue weighted by Crippen LogP contribution is 2.28. The number of hydrogen-bond acceptors (Lipinski definition) is 6. The summed E-state index contributed by atoms with van der Waals surface area (Å²) in [5.41, 5.74) is 0.726. The van der Waals surface area contributed by atoms with Gasteiger partial charge in [-0.1, -0.05) is 38.2 Å². The van der Waals surface area contributed by atoms with Gasteiger partial charge in [0.2, 0.25) is 11.8 Å². The molecule has 3 rings (SSSR count). The molecular weight excluding hydrogens is 448 g/mol. The average molecular weight is 489 g/mol. The molecule has 2 fully saturated rings. The van der Waals surface area contributed by atoms with Crippen LogP contribution in [0.1, 0.15) is 69.8 Å². The van der Waals surface area contributed by atoms with Crippen LogP contribution in [0.2, 0.25) is 0 Å². The molecule has 0 bridgehead atoms. The Hall–Kier alpha value is -2.81. The lowest BCUT2D eigenvalue weighted by molar-refractivity contribution is -0.124. The Morgan fingerprint density at radius 2 is 1.71 bits per heavy atom. The van der Waals surface area contributed by atoms with Gasteiger partial charge in [0.05, 0.1) is 26.7 Å². The van der Waals surface area contributed by atoms with Gasteiger partial charge in [0.1, 0.15) is 6.04 Å². The fourth-order valence-electron chi connectivity index (χ4n) is 5.08. The second-order valence-electron chi connectivity index (χ2n) is 9.74. The van der Waals surface area contributed by atoms with Gasteiger partial charge in [-0.3, -0.25) is 20.3 Å². The zero-order chi connectivity index (χ0) is 25.2. The van der Waals surface area contributed by atoms with Crippen molar-refractivity contribution >= 4 is 17.8 Å². The van der Waals surface area contributed by atoms with E-state index in [0.717, 1.165) is 31.2 Å². The highest BCUT2D eigenvalue weighted by molar-refractivity contribution is 5.98. The first-order chi connectivity index (χ1) is 16.9. The average Bonchev–Trinajstić information content (AvgIpc) is 2.85. The number of carbonyl (C=O) groups is 2. The molecule has 0 unspecified atom stereocenters. The molecule has 0 aliphatic heterocycles. The summed E-state index contributed by atoms with van der Waals surface area (Å²) in [6, 6.07) is 4.70. The Balaban J connectivity index is 1.57. The molecule has 35 heavy (non-hydrogen) atoms. The van der Waals surface area contributed by atoms with E-state index in [2.05, 4.69) is 16.0 Å². The van der Waals surface area contributed by atoms with E-state index in [1.165, 1.54) is 26.4 Å². The molecular formula is C26H40N4O5. The summed E-state index contributed by atoms with van der Waals surface area (Å²) in [6.07, 6.45) is 9.02. The van der Waals surface area contributed by atoms with Crippen LogP contribution in [0, 0.1) is 11.3 Å². The number of carbonyl (C=O) groups excluding carboxylic acids is 2. The number of benzene rings is 1. The van der Waals surface area contributed by atoms with Crippen molar-refractivity contribution in [1.82, 2.24) is 16.0 Å². The van der Waals surface area contributed by atoms with Gasteiger partial charge in [0, 0.05) is 6.04 Å². The van der Waals surface area contributed by atoms with Gasteiger partial charge in [0.25, 0.3) is 0 Å². The molecule has 0 spiro atoms.